The number of fused-ring (bicyclic) bond motifs is 3. The number of nitrogens with zero attached hydrogens (tertiary/aromatic N) is 2. The van der Waals surface area contributed by atoms with Gasteiger partial charge in [0, 0.05) is 18.0 Å². The smallest absolute Gasteiger partial charge is 0.225 e. The van der Waals surface area contributed by atoms with E-state index in [1.54, 1.807) is 6.33 Å². The Labute approximate surface area is 199 Å². The van der Waals surface area contributed by atoms with Crippen LogP contribution in [0.25, 0.3) is 10.2 Å². The maximum atomic E-state index is 8.58. The Bertz CT molecular complexity index is 753. The summed E-state index contributed by atoms with van der Waals surface area (Å²) in [7, 11) is 0. The van der Waals surface area contributed by atoms with E-state index in [0.29, 0.717) is 6.10 Å². The lowest BCUT2D eigenvalue weighted by Crippen LogP contribution is -2.30. The molecule has 5 rings (SSSR count). The summed E-state index contributed by atoms with van der Waals surface area (Å²) in [5.41, 5.74) is 5.64. The van der Waals surface area contributed by atoms with Gasteiger partial charge in [-0.3, -0.25) is 4.79 Å². The van der Waals surface area contributed by atoms with Crippen LogP contribution in [0, 0.1) is 0 Å². The van der Waals surface area contributed by atoms with Crippen molar-refractivity contribution >= 4 is 51.9 Å². The number of carbonyl (C=O) groups excluding carboxylic acids is 1. The number of nitrogens with two attached hydrogens (primary N) is 1. The summed E-state index contributed by atoms with van der Waals surface area (Å²) in [5, 5.41) is 4.38. The van der Waals surface area contributed by atoms with Crippen molar-refractivity contribution in [3.8, 4) is 5.88 Å². The van der Waals surface area contributed by atoms with Crippen LogP contribution in [0.15, 0.2) is 6.33 Å². The van der Waals surface area contributed by atoms with E-state index in [0.717, 1.165) is 37.0 Å². The van der Waals surface area contributed by atoms with E-state index < -0.39 is 0 Å². The van der Waals surface area contributed by atoms with Crippen molar-refractivity contribution < 1.29 is 14.3 Å². The third-order valence-electron chi connectivity index (χ3n) is 5.39. The lowest BCUT2D eigenvalue weighted by atomic mass is 9.96. The molecule has 2 aromatic rings. The molecule has 2 aliphatic carbocycles. The SMILES string of the molecule is C1COCCN1.I.NC=O.c1nc(OC2CCCCC2)c2c3c(sc2n1)CCCC3. The lowest BCUT2D eigenvalue weighted by Gasteiger charge is -2.23. The quantitative estimate of drug-likeness (QED) is 0.440. The molecule has 1 aliphatic heterocycles. The summed E-state index contributed by atoms with van der Waals surface area (Å²) in [6.07, 6.45) is 13.6. The van der Waals surface area contributed by atoms with Crippen molar-refractivity contribution in [2.45, 2.75) is 63.9 Å². The zero-order valence-corrected chi connectivity index (χ0v) is 20.6. The first-order valence-corrected chi connectivity index (χ1v) is 11.5. The highest BCUT2D eigenvalue weighted by Crippen LogP contribution is 2.39. The predicted octanol–water partition coefficient (Wildman–Crippen LogP) is 3.61. The molecule has 2 aromatic heterocycles. The predicted molar refractivity (Wildman–Crippen MR) is 131 cm³/mol. The molecular formula is C21H33IN4O3S. The number of aryl methyl sites for hydroxylation is 2. The first-order valence-electron chi connectivity index (χ1n) is 10.7. The van der Waals surface area contributed by atoms with Crippen LogP contribution in [0.1, 0.15) is 55.4 Å². The van der Waals surface area contributed by atoms with Gasteiger partial charge in [-0.2, -0.15) is 0 Å². The first kappa shape index (κ1) is 25.2. The first-order chi connectivity index (χ1) is 14.3. The number of primary amides is 1. The average Bonchev–Trinajstić information content (AvgIpc) is 3.16. The summed E-state index contributed by atoms with van der Waals surface area (Å²) < 4.78 is 11.3. The molecule has 3 aliphatic rings. The molecule has 3 heterocycles. The summed E-state index contributed by atoms with van der Waals surface area (Å²) >= 11 is 1.84. The van der Waals surface area contributed by atoms with Gasteiger partial charge in [-0.1, -0.05) is 6.42 Å². The van der Waals surface area contributed by atoms with Crippen LogP contribution in [0.4, 0.5) is 0 Å². The molecule has 1 saturated heterocycles. The van der Waals surface area contributed by atoms with Crippen molar-refractivity contribution in [2.24, 2.45) is 5.73 Å². The molecule has 30 heavy (non-hydrogen) atoms. The molecule has 0 atom stereocenters. The minimum absolute atomic E-state index is 0. The maximum Gasteiger partial charge on any atom is 0.225 e. The number of halogens is 1. The van der Waals surface area contributed by atoms with E-state index in [-0.39, 0.29) is 30.4 Å². The van der Waals surface area contributed by atoms with E-state index in [4.69, 9.17) is 14.3 Å². The number of ether oxygens (including phenoxy) is 2. The van der Waals surface area contributed by atoms with Gasteiger partial charge in [-0.05, 0) is 56.9 Å². The lowest BCUT2D eigenvalue weighted by molar-refractivity contribution is -0.106. The summed E-state index contributed by atoms with van der Waals surface area (Å²) in [6, 6.07) is 0. The van der Waals surface area contributed by atoms with E-state index >= 15 is 0 Å². The van der Waals surface area contributed by atoms with E-state index in [2.05, 4.69) is 21.0 Å². The molecule has 0 unspecified atom stereocenters. The number of nitrogens with one attached hydrogen (secondary N) is 1. The van der Waals surface area contributed by atoms with Crippen LogP contribution in [0.2, 0.25) is 0 Å². The minimum Gasteiger partial charge on any atom is -0.474 e. The van der Waals surface area contributed by atoms with Crippen molar-refractivity contribution in [1.29, 1.82) is 0 Å². The Morgan fingerprint density at radius 2 is 1.80 bits per heavy atom. The number of carbonyl (C=O) groups is 1. The number of morpholine rings is 1. The Kier molecular flexibility index (Phi) is 11.9. The van der Waals surface area contributed by atoms with Crippen molar-refractivity contribution in [3.63, 3.8) is 0 Å². The van der Waals surface area contributed by atoms with E-state index in [9.17, 15) is 0 Å². The minimum atomic E-state index is 0. The van der Waals surface area contributed by atoms with Crippen molar-refractivity contribution in [1.82, 2.24) is 15.3 Å². The molecule has 0 bridgehead atoms. The molecular weight excluding hydrogens is 515 g/mol. The molecule has 0 aromatic carbocycles. The molecule has 0 radical (unpaired) electrons. The third kappa shape index (κ3) is 7.28. The van der Waals surface area contributed by atoms with Gasteiger partial charge in [-0.25, -0.2) is 9.97 Å². The van der Waals surface area contributed by atoms with Gasteiger partial charge < -0.3 is 20.5 Å². The highest BCUT2D eigenvalue weighted by atomic mass is 127. The average molecular weight is 548 g/mol. The van der Waals surface area contributed by atoms with Gasteiger partial charge in [-0.15, -0.1) is 35.3 Å². The second kappa shape index (κ2) is 14.1. The van der Waals surface area contributed by atoms with Gasteiger partial charge in [0.05, 0.1) is 18.6 Å². The molecule has 2 fully saturated rings. The fourth-order valence-electron chi connectivity index (χ4n) is 4.01. The van der Waals surface area contributed by atoms with Crippen molar-refractivity contribution in [3.05, 3.63) is 16.8 Å². The van der Waals surface area contributed by atoms with Crippen LogP contribution in [0.3, 0.4) is 0 Å². The largest absolute Gasteiger partial charge is 0.474 e. The third-order valence-corrected chi connectivity index (χ3v) is 6.59. The van der Waals surface area contributed by atoms with Crippen LogP contribution in [-0.4, -0.2) is 48.8 Å². The Morgan fingerprint density at radius 3 is 2.43 bits per heavy atom. The highest BCUT2D eigenvalue weighted by molar-refractivity contribution is 14.0. The molecule has 9 heteroatoms. The van der Waals surface area contributed by atoms with Gasteiger partial charge in [0.1, 0.15) is 17.3 Å². The molecule has 1 amide bonds. The van der Waals surface area contributed by atoms with Gasteiger partial charge in [0.2, 0.25) is 12.3 Å². The van der Waals surface area contributed by atoms with Gasteiger partial charge >= 0.3 is 0 Å². The number of thiophene rings is 1. The second-order valence-corrected chi connectivity index (χ2v) is 8.53. The highest BCUT2D eigenvalue weighted by Gasteiger charge is 2.23. The fourth-order valence-corrected chi connectivity index (χ4v) is 5.23. The molecule has 168 valence electrons. The monoisotopic (exact) mass is 548 g/mol. The Balaban J connectivity index is 0.000000271. The van der Waals surface area contributed by atoms with Crippen LogP contribution in [0.5, 0.6) is 5.88 Å². The molecule has 1 saturated carbocycles. The fraction of sp³-hybridized carbons (Fsp3) is 0.667. The van der Waals surface area contributed by atoms with Gasteiger partial charge in [0.15, 0.2) is 0 Å². The summed E-state index contributed by atoms with van der Waals surface area (Å²) in [5.74, 6) is 0.848. The number of amides is 1. The summed E-state index contributed by atoms with van der Waals surface area (Å²) in [4.78, 5) is 20.1. The Morgan fingerprint density at radius 1 is 1.10 bits per heavy atom. The van der Waals surface area contributed by atoms with Crippen LogP contribution >= 0.6 is 35.3 Å². The van der Waals surface area contributed by atoms with Crippen LogP contribution in [-0.2, 0) is 22.4 Å². The number of hydrogen-bond donors (Lipinski definition) is 2. The van der Waals surface area contributed by atoms with Gasteiger partial charge in [0.25, 0.3) is 0 Å². The van der Waals surface area contributed by atoms with Crippen LogP contribution < -0.4 is 15.8 Å². The molecule has 0 spiro atoms. The molecule has 3 N–H and O–H groups in total. The second-order valence-electron chi connectivity index (χ2n) is 7.45. The number of hydrogen-bond acceptors (Lipinski definition) is 7. The number of rotatable bonds is 2. The van der Waals surface area contributed by atoms with E-state index in [1.165, 1.54) is 73.6 Å². The Hall–Kier alpha value is -1.04. The van der Waals surface area contributed by atoms with Crippen molar-refractivity contribution in [2.75, 3.05) is 26.3 Å². The summed E-state index contributed by atoms with van der Waals surface area (Å²) in [6.45, 7) is 3.83. The topological polar surface area (TPSA) is 99.4 Å². The number of aromatic nitrogens is 2. The maximum absolute atomic E-state index is 8.58. The standard InChI is InChI=1S/C16H20N2OS.C4H9NO.CH3NO.HI/c1-2-6-11(7-3-1)19-15-14-12-8-4-5-9-13(12)20-16(14)18-10-17-15;1-3-6-4-2-5-1;2-1-3;/h10-11H,1-9H2;5H,1-4H2;1H,(H2,2,3);1H. The van der Waals surface area contributed by atoms with E-state index in [1.807, 2.05) is 11.3 Å². The zero-order chi connectivity index (χ0) is 20.3. The zero-order valence-electron chi connectivity index (χ0n) is 17.4. The normalized spacial score (nSPS) is 18.5. The molecule has 7 nitrogen and oxygen atoms in total.